The molecule has 0 amide bonds. The number of aromatic nitrogens is 2. The minimum atomic E-state index is 0.332. The van der Waals surface area contributed by atoms with E-state index in [9.17, 15) is 0 Å². The van der Waals surface area contributed by atoms with E-state index in [0.717, 1.165) is 17.5 Å². The summed E-state index contributed by atoms with van der Waals surface area (Å²) in [5.74, 6) is 5.80. The lowest BCUT2D eigenvalue weighted by atomic mass is 10.1. The number of hydrogen-bond donors (Lipinski definition) is 0. The summed E-state index contributed by atoms with van der Waals surface area (Å²) in [6.07, 6.45) is 4.34. The van der Waals surface area contributed by atoms with E-state index in [0.29, 0.717) is 12.6 Å². The summed E-state index contributed by atoms with van der Waals surface area (Å²) in [6.45, 7) is 2.33. The predicted molar refractivity (Wildman–Crippen MR) is 71.0 cm³/mol. The van der Waals surface area contributed by atoms with Crippen LogP contribution in [0.3, 0.4) is 0 Å². The van der Waals surface area contributed by atoms with Crippen molar-refractivity contribution in [2.45, 2.75) is 13.3 Å². The first-order valence-corrected chi connectivity index (χ1v) is 5.86. The van der Waals surface area contributed by atoms with Crippen LogP contribution >= 0.6 is 0 Å². The Labute approximate surface area is 107 Å². The van der Waals surface area contributed by atoms with E-state index < -0.39 is 0 Å². The van der Waals surface area contributed by atoms with Crippen molar-refractivity contribution >= 4 is 0 Å². The molecule has 0 saturated carbocycles. The van der Waals surface area contributed by atoms with Gasteiger partial charge in [0, 0.05) is 24.4 Å². The van der Waals surface area contributed by atoms with Gasteiger partial charge in [-0.15, -0.1) is 5.92 Å². The predicted octanol–water partition coefficient (Wildman–Crippen LogP) is 2.94. The van der Waals surface area contributed by atoms with Gasteiger partial charge in [0.05, 0.1) is 0 Å². The Bertz CT molecular complexity index is 538. The van der Waals surface area contributed by atoms with Crippen molar-refractivity contribution in [3.63, 3.8) is 0 Å². The van der Waals surface area contributed by atoms with Crippen LogP contribution in [0.5, 0.6) is 6.01 Å². The molecular weight excluding hydrogens is 224 g/mol. The highest BCUT2D eigenvalue weighted by Gasteiger charge is 1.99. The Hall–Kier alpha value is -2.34. The van der Waals surface area contributed by atoms with Crippen LogP contribution < -0.4 is 4.74 Å². The maximum atomic E-state index is 5.30. The highest BCUT2D eigenvalue weighted by molar-refractivity contribution is 5.61. The van der Waals surface area contributed by atoms with Crippen LogP contribution in [0.2, 0.25) is 0 Å². The van der Waals surface area contributed by atoms with Gasteiger partial charge in [0.25, 0.3) is 0 Å². The van der Waals surface area contributed by atoms with E-state index in [1.165, 1.54) is 0 Å². The van der Waals surface area contributed by atoms with E-state index >= 15 is 0 Å². The van der Waals surface area contributed by atoms with Crippen LogP contribution in [0.4, 0.5) is 0 Å². The van der Waals surface area contributed by atoms with Crippen LogP contribution in [0.15, 0.2) is 42.7 Å². The molecule has 0 aliphatic heterocycles. The first kappa shape index (κ1) is 12.1. The molecule has 0 spiro atoms. The zero-order valence-corrected chi connectivity index (χ0v) is 10.3. The van der Waals surface area contributed by atoms with Gasteiger partial charge in [0.2, 0.25) is 0 Å². The summed E-state index contributed by atoms with van der Waals surface area (Å²) in [7, 11) is 0. The zero-order valence-electron chi connectivity index (χ0n) is 10.3. The molecule has 1 aromatic heterocycles. The quantitative estimate of drug-likeness (QED) is 0.771. The summed E-state index contributed by atoms with van der Waals surface area (Å²) in [5.41, 5.74) is 2.07. The van der Waals surface area contributed by atoms with Crippen LogP contribution in [0.1, 0.15) is 13.3 Å². The highest BCUT2D eigenvalue weighted by Crippen LogP contribution is 2.17. The molecule has 2 aromatic rings. The van der Waals surface area contributed by atoms with Gasteiger partial charge in [-0.25, -0.2) is 9.97 Å². The molecule has 3 heteroatoms. The molecule has 0 fully saturated rings. The maximum absolute atomic E-state index is 5.30. The summed E-state index contributed by atoms with van der Waals surface area (Å²) in [5, 5.41) is 0. The van der Waals surface area contributed by atoms with Gasteiger partial charge in [0.1, 0.15) is 0 Å². The molecule has 0 aliphatic rings. The van der Waals surface area contributed by atoms with Gasteiger partial charge in [-0.1, -0.05) is 43.2 Å². The summed E-state index contributed by atoms with van der Waals surface area (Å²) in [4.78, 5) is 8.30. The molecule has 0 N–H and O–H groups in total. The fourth-order valence-corrected chi connectivity index (χ4v) is 1.45. The van der Waals surface area contributed by atoms with Crippen LogP contribution in [-0.4, -0.2) is 16.6 Å². The average molecular weight is 238 g/mol. The average Bonchev–Trinajstić information content (AvgIpc) is 2.45. The van der Waals surface area contributed by atoms with E-state index in [-0.39, 0.29) is 0 Å². The molecule has 90 valence electrons. The van der Waals surface area contributed by atoms with Crippen LogP contribution in [0, 0.1) is 11.8 Å². The molecule has 18 heavy (non-hydrogen) atoms. The SMILES string of the molecule is CCC#CCOc1ncc(-c2ccccc2)cn1. The highest BCUT2D eigenvalue weighted by atomic mass is 16.5. The number of ether oxygens (including phenoxy) is 1. The van der Waals surface area contributed by atoms with Crippen molar-refractivity contribution < 1.29 is 4.74 Å². The van der Waals surface area contributed by atoms with Crippen molar-refractivity contribution in [1.82, 2.24) is 9.97 Å². The minimum Gasteiger partial charge on any atom is -0.450 e. The third kappa shape index (κ3) is 3.33. The molecule has 3 nitrogen and oxygen atoms in total. The van der Waals surface area contributed by atoms with E-state index in [4.69, 9.17) is 4.74 Å². The van der Waals surface area contributed by atoms with Gasteiger partial charge in [-0.2, -0.15) is 0 Å². The summed E-state index contributed by atoms with van der Waals surface area (Å²) in [6, 6.07) is 10.4. The Morgan fingerprint density at radius 2 is 1.72 bits per heavy atom. The van der Waals surface area contributed by atoms with Crippen LogP contribution in [0.25, 0.3) is 11.1 Å². The Balaban J connectivity index is 2.02. The smallest absolute Gasteiger partial charge is 0.317 e. The molecule has 0 atom stereocenters. The van der Waals surface area contributed by atoms with Gasteiger partial charge in [-0.3, -0.25) is 0 Å². The molecule has 0 radical (unpaired) electrons. The van der Waals surface area contributed by atoms with Gasteiger partial charge >= 0.3 is 6.01 Å². The largest absolute Gasteiger partial charge is 0.450 e. The van der Waals surface area contributed by atoms with E-state index in [1.807, 2.05) is 37.3 Å². The number of rotatable bonds is 3. The normalized spacial score (nSPS) is 9.39. The Morgan fingerprint density at radius 3 is 2.39 bits per heavy atom. The number of nitrogens with zero attached hydrogens (tertiary/aromatic N) is 2. The third-order valence-corrected chi connectivity index (χ3v) is 2.31. The maximum Gasteiger partial charge on any atom is 0.317 e. The second-order valence-corrected chi connectivity index (χ2v) is 3.62. The third-order valence-electron chi connectivity index (χ3n) is 2.31. The number of benzene rings is 1. The minimum absolute atomic E-state index is 0.332. The molecule has 0 aliphatic carbocycles. The van der Waals surface area contributed by atoms with E-state index in [1.54, 1.807) is 12.4 Å². The van der Waals surface area contributed by atoms with Crippen molar-refractivity contribution in [3.05, 3.63) is 42.7 Å². The summed E-state index contributed by atoms with van der Waals surface area (Å²) >= 11 is 0. The Kier molecular flexibility index (Phi) is 4.32. The van der Waals surface area contributed by atoms with Crippen LogP contribution in [-0.2, 0) is 0 Å². The second kappa shape index (κ2) is 6.41. The molecule has 1 heterocycles. The fourth-order valence-electron chi connectivity index (χ4n) is 1.45. The molecule has 2 rings (SSSR count). The van der Waals surface area contributed by atoms with Gasteiger partial charge in [-0.05, 0) is 5.56 Å². The lowest BCUT2D eigenvalue weighted by molar-refractivity contribution is 0.339. The topological polar surface area (TPSA) is 35.0 Å². The first-order valence-electron chi connectivity index (χ1n) is 5.86. The molecule has 0 unspecified atom stereocenters. The van der Waals surface area contributed by atoms with Crippen molar-refractivity contribution in [2.75, 3.05) is 6.61 Å². The molecule has 1 aromatic carbocycles. The zero-order chi connectivity index (χ0) is 12.6. The molecule has 0 saturated heterocycles. The summed E-state index contributed by atoms with van der Waals surface area (Å²) < 4.78 is 5.30. The number of hydrogen-bond acceptors (Lipinski definition) is 3. The monoisotopic (exact) mass is 238 g/mol. The first-order chi connectivity index (χ1) is 8.90. The van der Waals surface area contributed by atoms with Crippen molar-refractivity contribution in [2.24, 2.45) is 0 Å². The van der Waals surface area contributed by atoms with Gasteiger partial charge < -0.3 is 4.74 Å². The molecule has 0 bridgehead atoms. The lowest BCUT2D eigenvalue weighted by Crippen LogP contribution is -1.98. The second-order valence-electron chi connectivity index (χ2n) is 3.62. The lowest BCUT2D eigenvalue weighted by Gasteiger charge is -2.02. The van der Waals surface area contributed by atoms with Crippen molar-refractivity contribution in [1.29, 1.82) is 0 Å². The molecular formula is C15H14N2O. The van der Waals surface area contributed by atoms with Crippen molar-refractivity contribution in [3.8, 4) is 29.0 Å². The van der Waals surface area contributed by atoms with E-state index in [2.05, 4.69) is 21.8 Å². The van der Waals surface area contributed by atoms with Gasteiger partial charge in [0.15, 0.2) is 6.61 Å². The fraction of sp³-hybridized carbons (Fsp3) is 0.200. The Morgan fingerprint density at radius 1 is 1.00 bits per heavy atom. The standard InChI is InChI=1S/C15H14N2O/c1-2-3-7-10-18-15-16-11-14(12-17-15)13-8-5-4-6-9-13/h4-6,8-9,11-12H,2,10H2,1H3.